The van der Waals surface area contributed by atoms with Crippen LogP contribution in [0.4, 0.5) is 5.69 Å². The SMILES string of the molecule is Cc1cccc(-c2noc(C3CNc4ccccc43)n2)c1. The van der Waals surface area contributed by atoms with E-state index in [9.17, 15) is 0 Å². The van der Waals surface area contributed by atoms with E-state index in [1.165, 1.54) is 11.1 Å². The van der Waals surface area contributed by atoms with Crippen LogP contribution < -0.4 is 5.32 Å². The second-order valence-electron chi connectivity index (χ2n) is 5.35. The van der Waals surface area contributed by atoms with Crippen molar-refractivity contribution in [2.75, 3.05) is 11.9 Å². The maximum Gasteiger partial charge on any atom is 0.236 e. The second-order valence-corrected chi connectivity index (χ2v) is 5.35. The quantitative estimate of drug-likeness (QED) is 0.777. The number of benzene rings is 2. The number of nitrogens with zero attached hydrogens (tertiary/aromatic N) is 2. The van der Waals surface area contributed by atoms with E-state index in [4.69, 9.17) is 4.52 Å². The molecule has 1 atom stereocenters. The molecular weight excluding hydrogens is 262 g/mol. The van der Waals surface area contributed by atoms with Gasteiger partial charge in [0.05, 0.1) is 5.92 Å². The fraction of sp³-hybridized carbons (Fsp3) is 0.176. The molecule has 0 saturated carbocycles. The maximum atomic E-state index is 5.50. The fourth-order valence-electron chi connectivity index (χ4n) is 2.78. The van der Waals surface area contributed by atoms with Gasteiger partial charge in [0.15, 0.2) is 0 Å². The zero-order valence-corrected chi connectivity index (χ0v) is 11.7. The lowest BCUT2D eigenvalue weighted by Crippen LogP contribution is -2.04. The Hall–Kier alpha value is -2.62. The smallest absolute Gasteiger partial charge is 0.236 e. The Bertz CT molecular complexity index is 794. The summed E-state index contributed by atoms with van der Waals surface area (Å²) in [5.74, 6) is 1.45. The number of hydrogen-bond acceptors (Lipinski definition) is 4. The number of fused-ring (bicyclic) bond motifs is 1. The standard InChI is InChI=1S/C17H15N3O/c1-11-5-4-6-12(9-11)16-19-17(21-20-16)14-10-18-15-8-3-2-7-13(14)15/h2-9,14,18H,10H2,1H3. The van der Waals surface area contributed by atoms with Crippen molar-refractivity contribution < 1.29 is 4.52 Å². The average molecular weight is 277 g/mol. The van der Waals surface area contributed by atoms with Crippen LogP contribution in [0.1, 0.15) is 22.9 Å². The molecule has 0 saturated heterocycles. The Kier molecular flexibility index (Phi) is 2.74. The molecule has 4 heteroatoms. The predicted octanol–water partition coefficient (Wildman–Crippen LogP) is 3.60. The van der Waals surface area contributed by atoms with Gasteiger partial charge in [0.25, 0.3) is 0 Å². The lowest BCUT2D eigenvalue weighted by Gasteiger charge is -2.03. The first kappa shape index (κ1) is 12.1. The molecule has 4 nitrogen and oxygen atoms in total. The molecule has 0 radical (unpaired) electrons. The van der Waals surface area contributed by atoms with Gasteiger partial charge in [-0.2, -0.15) is 4.98 Å². The number of aryl methyl sites for hydroxylation is 1. The van der Waals surface area contributed by atoms with Crippen LogP contribution in [-0.2, 0) is 0 Å². The van der Waals surface area contributed by atoms with E-state index in [0.717, 1.165) is 17.8 Å². The van der Waals surface area contributed by atoms with Gasteiger partial charge >= 0.3 is 0 Å². The van der Waals surface area contributed by atoms with E-state index >= 15 is 0 Å². The Morgan fingerprint density at radius 1 is 1.14 bits per heavy atom. The normalized spacial score (nSPS) is 16.5. The topological polar surface area (TPSA) is 51.0 Å². The van der Waals surface area contributed by atoms with Gasteiger partial charge in [-0.3, -0.25) is 0 Å². The van der Waals surface area contributed by atoms with Crippen LogP contribution in [0.3, 0.4) is 0 Å². The lowest BCUT2D eigenvalue weighted by molar-refractivity contribution is 0.371. The summed E-state index contributed by atoms with van der Waals surface area (Å²) in [4.78, 5) is 4.58. The Morgan fingerprint density at radius 3 is 2.95 bits per heavy atom. The van der Waals surface area contributed by atoms with Crippen molar-refractivity contribution in [2.45, 2.75) is 12.8 Å². The van der Waals surface area contributed by atoms with Crippen LogP contribution in [0.15, 0.2) is 53.1 Å². The van der Waals surface area contributed by atoms with Crippen molar-refractivity contribution >= 4 is 5.69 Å². The zero-order valence-electron chi connectivity index (χ0n) is 11.7. The highest BCUT2D eigenvalue weighted by molar-refractivity contribution is 5.60. The molecule has 2 aromatic carbocycles. The molecule has 1 unspecified atom stereocenters. The summed E-state index contributed by atoms with van der Waals surface area (Å²) in [7, 11) is 0. The molecule has 1 aliphatic heterocycles. The number of anilines is 1. The van der Waals surface area contributed by atoms with Gasteiger partial charge in [0.1, 0.15) is 0 Å². The number of aromatic nitrogens is 2. The van der Waals surface area contributed by atoms with Crippen LogP contribution in [0, 0.1) is 6.92 Å². The third-order valence-electron chi connectivity index (χ3n) is 3.85. The van der Waals surface area contributed by atoms with Crippen LogP contribution in [0.2, 0.25) is 0 Å². The number of hydrogen-bond donors (Lipinski definition) is 1. The molecule has 0 aliphatic carbocycles. The summed E-state index contributed by atoms with van der Waals surface area (Å²) >= 11 is 0. The van der Waals surface area contributed by atoms with Gasteiger partial charge in [-0.25, -0.2) is 0 Å². The minimum absolute atomic E-state index is 0.132. The van der Waals surface area contributed by atoms with Gasteiger partial charge in [0.2, 0.25) is 11.7 Å². The number of nitrogens with one attached hydrogen (secondary N) is 1. The monoisotopic (exact) mass is 277 g/mol. The molecule has 4 rings (SSSR count). The molecule has 0 amide bonds. The maximum absolute atomic E-state index is 5.50. The van der Waals surface area contributed by atoms with Gasteiger partial charge in [-0.1, -0.05) is 47.1 Å². The first-order valence-corrected chi connectivity index (χ1v) is 7.05. The fourth-order valence-corrected chi connectivity index (χ4v) is 2.78. The number of rotatable bonds is 2. The predicted molar refractivity (Wildman–Crippen MR) is 81.2 cm³/mol. The van der Waals surface area contributed by atoms with E-state index in [-0.39, 0.29) is 5.92 Å². The summed E-state index contributed by atoms with van der Waals surface area (Å²) in [6.07, 6.45) is 0. The molecule has 1 aliphatic rings. The van der Waals surface area contributed by atoms with E-state index in [2.05, 4.69) is 46.6 Å². The van der Waals surface area contributed by atoms with Gasteiger partial charge in [-0.05, 0) is 24.6 Å². The van der Waals surface area contributed by atoms with Crippen LogP contribution in [0.25, 0.3) is 11.4 Å². The van der Waals surface area contributed by atoms with Crippen LogP contribution >= 0.6 is 0 Å². The largest absolute Gasteiger partial charge is 0.384 e. The van der Waals surface area contributed by atoms with Crippen molar-refractivity contribution in [3.05, 3.63) is 65.5 Å². The molecule has 0 fully saturated rings. The highest BCUT2D eigenvalue weighted by Crippen LogP contribution is 2.35. The van der Waals surface area contributed by atoms with Crippen molar-refractivity contribution in [1.29, 1.82) is 0 Å². The third kappa shape index (κ3) is 2.09. The molecule has 1 N–H and O–H groups in total. The zero-order chi connectivity index (χ0) is 14.2. The summed E-state index contributed by atoms with van der Waals surface area (Å²) in [5, 5.41) is 7.51. The minimum atomic E-state index is 0.132. The van der Waals surface area contributed by atoms with E-state index < -0.39 is 0 Å². The van der Waals surface area contributed by atoms with Gasteiger partial charge in [-0.15, -0.1) is 0 Å². The number of para-hydroxylation sites is 1. The molecular formula is C17H15N3O. The first-order chi connectivity index (χ1) is 10.3. The lowest BCUT2D eigenvalue weighted by atomic mass is 10.0. The van der Waals surface area contributed by atoms with Gasteiger partial charge < -0.3 is 9.84 Å². The molecule has 104 valence electrons. The molecule has 2 heterocycles. The Balaban J connectivity index is 1.70. The van der Waals surface area contributed by atoms with Crippen LogP contribution in [0.5, 0.6) is 0 Å². The van der Waals surface area contributed by atoms with E-state index in [0.29, 0.717) is 11.7 Å². The summed E-state index contributed by atoms with van der Waals surface area (Å²) in [6, 6.07) is 16.4. The summed E-state index contributed by atoms with van der Waals surface area (Å²) < 4.78 is 5.50. The van der Waals surface area contributed by atoms with Crippen LogP contribution in [-0.4, -0.2) is 16.7 Å². The average Bonchev–Trinajstić information content (AvgIpc) is 3.14. The van der Waals surface area contributed by atoms with E-state index in [1.807, 2.05) is 24.3 Å². The third-order valence-corrected chi connectivity index (χ3v) is 3.85. The molecule has 1 aromatic heterocycles. The van der Waals surface area contributed by atoms with Crippen molar-refractivity contribution in [2.24, 2.45) is 0 Å². The Labute approximate surface area is 122 Å². The Morgan fingerprint density at radius 2 is 2.05 bits per heavy atom. The van der Waals surface area contributed by atoms with Gasteiger partial charge in [0, 0.05) is 17.8 Å². The second kappa shape index (κ2) is 4.74. The first-order valence-electron chi connectivity index (χ1n) is 7.05. The van der Waals surface area contributed by atoms with E-state index in [1.54, 1.807) is 0 Å². The molecule has 0 bridgehead atoms. The minimum Gasteiger partial charge on any atom is -0.384 e. The summed E-state index contributed by atoms with van der Waals surface area (Å²) in [6.45, 7) is 2.86. The molecule has 0 spiro atoms. The molecule has 3 aromatic rings. The van der Waals surface area contributed by atoms with Crippen molar-refractivity contribution in [3.63, 3.8) is 0 Å². The van der Waals surface area contributed by atoms with Crippen molar-refractivity contribution in [3.8, 4) is 11.4 Å². The highest BCUT2D eigenvalue weighted by atomic mass is 16.5. The molecule has 21 heavy (non-hydrogen) atoms. The van der Waals surface area contributed by atoms with Crippen molar-refractivity contribution in [1.82, 2.24) is 10.1 Å². The highest BCUT2D eigenvalue weighted by Gasteiger charge is 2.28. The summed E-state index contributed by atoms with van der Waals surface area (Å²) in [5.41, 5.74) is 4.55.